The van der Waals surface area contributed by atoms with Crippen molar-refractivity contribution in [2.45, 2.75) is 31.5 Å². The number of alkyl halides is 3. The minimum absolute atomic E-state index is 0.208. The summed E-state index contributed by atoms with van der Waals surface area (Å²) in [7, 11) is 0. The van der Waals surface area contributed by atoms with Crippen molar-refractivity contribution in [2.75, 3.05) is 25.0 Å². The van der Waals surface area contributed by atoms with Crippen molar-refractivity contribution in [2.24, 2.45) is 0 Å². The van der Waals surface area contributed by atoms with Gasteiger partial charge in [0.15, 0.2) is 0 Å². The fourth-order valence-electron chi connectivity index (χ4n) is 4.97. The Morgan fingerprint density at radius 1 is 1.00 bits per heavy atom. The van der Waals surface area contributed by atoms with Crippen molar-refractivity contribution in [3.05, 3.63) is 90.4 Å². The Kier molecular flexibility index (Phi) is 7.14. The van der Waals surface area contributed by atoms with E-state index in [1.807, 2.05) is 48.5 Å². The molecule has 2 aromatic carbocycles. The number of likely N-dealkylation sites (tertiary alicyclic amines) is 1. The summed E-state index contributed by atoms with van der Waals surface area (Å²) >= 11 is 0. The predicted molar refractivity (Wildman–Crippen MR) is 138 cm³/mol. The first-order valence-electron chi connectivity index (χ1n) is 12.3. The third-order valence-electron chi connectivity index (χ3n) is 6.75. The molecule has 6 nitrogen and oxygen atoms in total. The van der Waals surface area contributed by atoms with Gasteiger partial charge in [0, 0.05) is 41.9 Å². The van der Waals surface area contributed by atoms with Gasteiger partial charge in [0.05, 0.1) is 12.1 Å². The molecule has 37 heavy (non-hydrogen) atoms. The summed E-state index contributed by atoms with van der Waals surface area (Å²) in [5, 5.41) is 6.77. The van der Waals surface area contributed by atoms with Crippen molar-refractivity contribution in [1.29, 1.82) is 0 Å². The van der Waals surface area contributed by atoms with Crippen LogP contribution in [0.2, 0.25) is 0 Å². The van der Waals surface area contributed by atoms with E-state index in [1.54, 1.807) is 12.4 Å². The molecule has 0 radical (unpaired) electrons. The van der Waals surface area contributed by atoms with Crippen molar-refractivity contribution >= 4 is 22.6 Å². The van der Waals surface area contributed by atoms with Gasteiger partial charge in [-0.2, -0.15) is 13.2 Å². The summed E-state index contributed by atoms with van der Waals surface area (Å²) in [6.45, 7) is 0.411. The topological polar surface area (TPSA) is 62.2 Å². The van der Waals surface area contributed by atoms with Crippen LogP contribution in [0.3, 0.4) is 0 Å². The molecule has 1 aliphatic heterocycles. The Balaban J connectivity index is 1.28. The number of piperidine rings is 1. The van der Waals surface area contributed by atoms with E-state index in [9.17, 15) is 18.0 Å². The molecule has 2 amide bonds. The molecule has 2 aromatic heterocycles. The number of anilines is 1. The molecular weight excluding hydrogens is 479 g/mol. The lowest BCUT2D eigenvalue weighted by Crippen LogP contribution is -2.39. The van der Waals surface area contributed by atoms with Crippen LogP contribution < -0.4 is 10.6 Å². The Labute approximate surface area is 213 Å². The second-order valence-corrected chi connectivity index (χ2v) is 9.35. The molecule has 0 bridgehead atoms. The van der Waals surface area contributed by atoms with Gasteiger partial charge in [-0.05, 0) is 79.4 Å². The lowest BCUT2D eigenvalue weighted by molar-refractivity contribution is -0.147. The van der Waals surface area contributed by atoms with E-state index in [0.717, 1.165) is 22.2 Å². The van der Waals surface area contributed by atoms with Crippen molar-refractivity contribution in [3.8, 4) is 5.69 Å². The van der Waals surface area contributed by atoms with Gasteiger partial charge in [0.2, 0.25) is 0 Å². The highest BCUT2D eigenvalue weighted by molar-refractivity contribution is 5.89. The zero-order chi connectivity index (χ0) is 25.8. The number of hydrogen-bond donors (Lipinski definition) is 2. The second kappa shape index (κ2) is 10.6. The lowest BCUT2D eigenvalue weighted by Gasteiger charge is -2.32. The molecule has 3 heterocycles. The number of rotatable bonds is 6. The number of carbonyl (C=O) groups excluding carboxylic acids is 1. The normalized spacial score (nSPS) is 15.1. The van der Waals surface area contributed by atoms with Crippen molar-refractivity contribution in [1.82, 2.24) is 19.8 Å². The number of para-hydroxylation sites is 1. The van der Waals surface area contributed by atoms with Gasteiger partial charge < -0.3 is 15.2 Å². The van der Waals surface area contributed by atoms with Crippen LogP contribution in [0.25, 0.3) is 16.6 Å². The van der Waals surface area contributed by atoms with Crippen LogP contribution in [0.1, 0.15) is 29.9 Å². The summed E-state index contributed by atoms with van der Waals surface area (Å²) < 4.78 is 40.5. The predicted octanol–water partition coefficient (Wildman–Crippen LogP) is 6.09. The highest BCUT2D eigenvalue weighted by Gasteiger charge is 2.33. The highest BCUT2D eigenvalue weighted by atomic mass is 19.4. The zero-order valence-electron chi connectivity index (χ0n) is 20.2. The molecular formula is C28H28F3N5O. The van der Waals surface area contributed by atoms with E-state index in [1.165, 1.54) is 10.5 Å². The zero-order valence-corrected chi connectivity index (χ0v) is 20.2. The number of pyridine rings is 1. The van der Waals surface area contributed by atoms with Crippen LogP contribution in [-0.2, 0) is 6.54 Å². The maximum Gasteiger partial charge on any atom is 0.401 e. The SMILES string of the molecule is O=C(NCc1cccnc1)Nc1ccc(-n2cc(C3CCN(CC(F)(F)F)CC3)c3ccccc32)cc1. The maximum atomic E-state index is 12.8. The fourth-order valence-corrected chi connectivity index (χ4v) is 4.97. The number of nitrogens with zero attached hydrogens (tertiary/aromatic N) is 3. The third kappa shape index (κ3) is 6.11. The second-order valence-electron chi connectivity index (χ2n) is 9.35. The first-order chi connectivity index (χ1) is 17.9. The van der Waals surface area contributed by atoms with Crippen molar-refractivity contribution in [3.63, 3.8) is 0 Å². The fraction of sp³-hybridized carbons (Fsp3) is 0.286. The van der Waals surface area contributed by atoms with Crippen LogP contribution >= 0.6 is 0 Å². The van der Waals surface area contributed by atoms with E-state index in [4.69, 9.17) is 0 Å². The monoisotopic (exact) mass is 507 g/mol. The minimum Gasteiger partial charge on any atom is -0.334 e. The van der Waals surface area contributed by atoms with Gasteiger partial charge in [0.25, 0.3) is 0 Å². The summed E-state index contributed by atoms with van der Waals surface area (Å²) in [6, 6.07) is 19.1. The lowest BCUT2D eigenvalue weighted by atomic mass is 9.89. The number of aromatic nitrogens is 2. The molecule has 1 fully saturated rings. The number of nitrogens with one attached hydrogen (secondary N) is 2. The quantitative estimate of drug-likeness (QED) is 0.332. The van der Waals surface area contributed by atoms with E-state index >= 15 is 0 Å². The summed E-state index contributed by atoms with van der Waals surface area (Å²) in [5.41, 5.74) is 4.73. The molecule has 9 heteroatoms. The number of urea groups is 1. The van der Waals surface area contributed by atoms with E-state index in [2.05, 4.69) is 38.5 Å². The Morgan fingerprint density at radius 2 is 1.76 bits per heavy atom. The highest BCUT2D eigenvalue weighted by Crippen LogP contribution is 2.36. The van der Waals surface area contributed by atoms with Gasteiger partial charge in [-0.25, -0.2) is 4.79 Å². The molecule has 1 aliphatic rings. The van der Waals surface area contributed by atoms with Gasteiger partial charge in [-0.1, -0.05) is 24.3 Å². The molecule has 2 N–H and O–H groups in total. The maximum absolute atomic E-state index is 12.8. The summed E-state index contributed by atoms with van der Waals surface area (Å²) in [6.07, 6.45) is 2.73. The number of halogens is 3. The average molecular weight is 508 g/mol. The van der Waals surface area contributed by atoms with Crippen LogP contribution in [0.4, 0.5) is 23.7 Å². The summed E-state index contributed by atoms with van der Waals surface area (Å²) in [5.74, 6) is 0.208. The molecule has 192 valence electrons. The Hall–Kier alpha value is -3.85. The number of fused-ring (bicyclic) bond motifs is 1. The Morgan fingerprint density at radius 3 is 2.46 bits per heavy atom. The summed E-state index contributed by atoms with van der Waals surface area (Å²) in [4.78, 5) is 17.8. The minimum atomic E-state index is -4.16. The molecule has 0 spiro atoms. The smallest absolute Gasteiger partial charge is 0.334 e. The molecule has 0 saturated carbocycles. The number of hydrogen-bond acceptors (Lipinski definition) is 3. The van der Waals surface area contributed by atoms with Gasteiger partial charge in [-0.15, -0.1) is 0 Å². The first kappa shape index (κ1) is 24.8. The molecule has 0 unspecified atom stereocenters. The van der Waals surface area contributed by atoms with Crippen LogP contribution in [0.15, 0.2) is 79.3 Å². The molecule has 0 aliphatic carbocycles. The van der Waals surface area contributed by atoms with Crippen LogP contribution in [-0.4, -0.2) is 46.3 Å². The first-order valence-corrected chi connectivity index (χ1v) is 12.3. The standard InChI is InChI=1S/C28H28F3N5O/c29-28(30,31)19-35-14-11-21(12-15-35)25-18-36(26-6-2-1-5-24(25)26)23-9-7-22(8-10-23)34-27(37)33-17-20-4-3-13-32-16-20/h1-10,13,16,18,21H,11-12,14-15,17,19H2,(H2,33,34,37). The van der Waals surface area contributed by atoms with Gasteiger partial charge in [-0.3, -0.25) is 9.88 Å². The van der Waals surface area contributed by atoms with E-state index in [0.29, 0.717) is 38.2 Å². The van der Waals surface area contributed by atoms with E-state index < -0.39 is 12.7 Å². The number of benzene rings is 2. The van der Waals surface area contributed by atoms with E-state index in [-0.39, 0.29) is 11.9 Å². The molecule has 4 aromatic rings. The third-order valence-corrected chi connectivity index (χ3v) is 6.75. The van der Waals surface area contributed by atoms with Crippen LogP contribution in [0.5, 0.6) is 0 Å². The van der Waals surface area contributed by atoms with Crippen molar-refractivity contribution < 1.29 is 18.0 Å². The molecule has 0 atom stereocenters. The number of amides is 2. The van der Waals surface area contributed by atoms with Crippen LogP contribution in [0, 0.1) is 0 Å². The molecule has 5 rings (SSSR count). The van der Waals surface area contributed by atoms with Gasteiger partial charge >= 0.3 is 12.2 Å². The average Bonchev–Trinajstić information content (AvgIpc) is 3.28. The molecule has 1 saturated heterocycles. The Bertz CT molecular complexity index is 1340. The number of carbonyl (C=O) groups is 1. The largest absolute Gasteiger partial charge is 0.401 e. The van der Waals surface area contributed by atoms with Gasteiger partial charge in [0.1, 0.15) is 0 Å².